The number of nitrogens with one attached hydrogen (secondary N) is 1. The van der Waals surface area contributed by atoms with Crippen LogP contribution in [-0.4, -0.2) is 74.4 Å². The molecule has 2 saturated heterocycles. The van der Waals surface area contributed by atoms with Gasteiger partial charge >= 0.3 is 0 Å². The van der Waals surface area contributed by atoms with Crippen LogP contribution in [0.3, 0.4) is 0 Å². The maximum atomic E-state index is 15.7. The first-order valence-electron chi connectivity index (χ1n) is 13.7. The van der Waals surface area contributed by atoms with Crippen molar-refractivity contribution in [2.75, 3.05) is 68.1 Å². The van der Waals surface area contributed by atoms with Crippen LogP contribution in [0.25, 0.3) is 11.1 Å². The van der Waals surface area contributed by atoms with Gasteiger partial charge in [-0.1, -0.05) is 6.07 Å². The molecule has 2 aliphatic heterocycles. The number of anilines is 3. The van der Waals surface area contributed by atoms with Crippen LogP contribution in [-0.2, 0) is 11.8 Å². The fourth-order valence-corrected chi connectivity index (χ4v) is 5.35. The molecule has 0 saturated carbocycles. The van der Waals surface area contributed by atoms with Crippen molar-refractivity contribution >= 4 is 23.0 Å². The fourth-order valence-electron chi connectivity index (χ4n) is 5.35. The molecule has 8 nitrogen and oxygen atoms in total. The molecule has 1 aromatic heterocycles. The number of pyridine rings is 1. The van der Waals surface area contributed by atoms with Crippen LogP contribution in [0.2, 0.25) is 0 Å². The summed E-state index contributed by atoms with van der Waals surface area (Å²) < 4.78 is 64.9. The smallest absolute Gasteiger partial charge is 0.264 e. The average molecular weight is 588 g/mol. The van der Waals surface area contributed by atoms with Crippen molar-refractivity contribution in [2.45, 2.75) is 19.4 Å². The van der Waals surface area contributed by atoms with E-state index < -0.39 is 35.1 Å². The van der Waals surface area contributed by atoms with Gasteiger partial charge in [0.25, 0.3) is 17.9 Å². The highest BCUT2D eigenvalue weighted by molar-refractivity contribution is 6.07. The largest absolute Gasteiger partial charge is 0.378 e. The van der Waals surface area contributed by atoms with Crippen LogP contribution in [0, 0.1) is 11.6 Å². The van der Waals surface area contributed by atoms with E-state index >= 15 is 8.78 Å². The number of ether oxygens (including phenoxy) is 1. The van der Waals surface area contributed by atoms with Crippen LogP contribution in [0.15, 0.2) is 47.4 Å². The highest BCUT2D eigenvalue weighted by Crippen LogP contribution is 2.37. The van der Waals surface area contributed by atoms with Gasteiger partial charge in [0.05, 0.1) is 35.8 Å². The first kappa shape index (κ1) is 29.6. The number of hydrogen-bond acceptors (Lipinski definition) is 6. The van der Waals surface area contributed by atoms with Gasteiger partial charge in [0, 0.05) is 69.2 Å². The van der Waals surface area contributed by atoms with Crippen LogP contribution >= 0.6 is 0 Å². The molecule has 2 aliphatic rings. The highest BCUT2D eigenvalue weighted by Gasteiger charge is 2.27. The first-order chi connectivity index (χ1) is 20.0. The van der Waals surface area contributed by atoms with Gasteiger partial charge in [-0.3, -0.25) is 9.59 Å². The Kier molecular flexibility index (Phi) is 8.55. The minimum atomic E-state index is -3.06. The molecule has 0 bridgehead atoms. The van der Waals surface area contributed by atoms with E-state index in [0.29, 0.717) is 57.3 Å². The Balaban J connectivity index is 1.56. The van der Waals surface area contributed by atoms with E-state index in [1.54, 1.807) is 12.1 Å². The van der Waals surface area contributed by atoms with Gasteiger partial charge in [-0.05, 0) is 43.8 Å². The van der Waals surface area contributed by atoms with Crippen molar-refractivity contribution in [2.24, 2.45) is 7.05 Å². The molecule has 3 heterocycles. The number of morpholine rings is 1. The standard InChI is InChI=1S/C30H33F4N5O3/c1-18-16-39(7-6-36(18)2)27-15-23(31)20(19-4-5-26(24(32)12-19)38-8-10-42-11-9-38)13-25(27)35-30(41)22-17-37(3)28(40)14-21(22)29(33)34/h4-5,12-15,17-18,29H,6-11,16H2,1-3H3,(H,35,41)/t18-/m0/s1. The number of rotatable bonds is 6. The quantitative estimate of drug-likeness (QED) is 0.429. The van der Waals surface area contributed by atoms with E-state index in [1.165, 1.54) is 25.2 Å². The summed E-state index contributed by atoms with van der Waals surface area (Å²) in [7, 11) is 3.34. The number of benzene rings is 2. The molecule has 12 heteroatoms. The Morgan fingerprint density at radius 3 is 2.36 bits per heavy atom. The molecule has 224 valence electrons. The summed E-state index contributed by atoms with van der Waals surface area (Å²) in [5.74, 6) is -2.03. The number of carbonyl (C=O) groups is 1. The third kappa shape index (κ3) is 6.00. The normalized spacial score (nSPS) is 18.0. The Labute approximate surface area is 241 Å². The Bertz CT molecular complexity index is 1540. The molecule has 1 N–H and O–H groups in total. The second-order valence-electron chi connectivity index (χ2n) is 10.7. The second kappa shape index (κ2) is 12.1. The lowest BCUT2D eigenvalue weighted by Crippen LogP contribution is -2.50. The van der Waals surface area contributed by atoms with Crippen molar-refractivity contribution in [3.05, 3.63) is 75.7 Å². The van der Waals surface area contributed by atoms with E-state index in [-0.39, 0.29) is 28.4 Å². The predicted octanol–water partition coefficient (Wildman–Crippen LogP) is 4.50. The lowest BCUT2D eigenvalue weighted by Gasteiger charge is -2.39. The maximum absolute atomic E-state index is 15.7. The number of amides is 1. The van der Waals surface area contributed by atoms with Crippen molar-refractivity contribution in [3.63, 3.8) is 0 Å². The minimum Gasteiger partial charge on any atom is -0.378 e. The highest BCUT2D eigenvalue weighted by atomic mass is 19.3. The monoisotopic (exact) mass is 587 g/mol. The van der Waals surface area contributed by atoms with Crippen molar-refractivity contribution in [3.8, 4) is 11.1 Å². The number of halogens is 4. The Morgan fingerprint density at radius 1 is 0.952 bits per heavy atom. The zero-order valence-corrected chi connectivity index (χ0v) is 23.7. The number of alkyl halides is 2. The van der Waals surface area contributed by atoms with E-state index in [0.717, 1.165) is 16.8 Å². The minimum absolute atomic E-state index is 0.0400. The number of hydrogen-bond donors (Lipinski definition) is 1. The summed E-state index contributed by atoms with van der Waals surface area (Å²) in [5.41, 5.74) is -0.526. The zero-order chi connectivity index (χ0) is 30.1. The average Bonchev–Trinajstić information content (AvgIpc) is 2.96. The van der Waals surface area contributed by atoms with Crippen molar-refractivity contribution < 1.29 is 27.1 Å². The van der Waals surface area contributed by atoms with Gasteiger partial charge in [0.1, 0.15) is 11.6 Å². The number of piperazine rings is 1. The van der Waals surface area contributed by atoms with Gasteiger partial charge in [-0.2, -0.15) is 0 Å². The summed E-state index contributed by atoms with van der Waals surface area (Å²) in [6.07, 6.45) is -2.00. The number of aryl methyl sites for hydroxylation is 1. The van der Waals surface area contributed by atoms with Crippen molar-refractivity contribution in [1.29, 1.82) is 0 Å². The predicted molar refractivity (Wildman–Crippen MR) is 154 cm³/mol. The fraction of sp³-hybridized carbons (Fsp3) is 0.400. The van der Waals surface area contributed by atoms with E-state index in [2.05, 4.69) is 10.2 Å². The summed E-state index contributed by atoms with van der Waals surface area (Å²) in [5, 5.41) is 2.68. The number of aromatic nitrogens is 1. The summed E-state index contributed by atoms with van der Waals surface area (Å²) in [6.45, 7) is 5.80. The number of nitrogens with zero attached hydrogens (tertiary/aromatic N) is 4. The third-order valence-electron chi connectivity index (χ3n) is 7.98. The number of carbonyl (C=O) groups excluding carboxylic acids is 1. The Hall–Kier alpha value is -3.90. The topological polar surface area (TPSA) is 70.0 Å². The van der Waals surface area contributed by atoms with E-state index in [1.807, 2.05) is 23.8 Å². The van der Waals surface area contributed by atoms with Gasteiger partial charge in [-0.15, -0.1) is 0 Å². The van der Waals surface area contributed by atoms with Gasteiger partial charge in [0.2, 0.25) is 0 Å². The molecule has 0 radical (unpaired) electrons. The molecule has 1 atom stereocenters. The lowest BCUT2D eigenvalue weighted by atomic mass is 10.0. The van der Waals surface area contributed by atoms with Crippen molar-refractivity contribution in [1.82, 2.24) is 9.47 Å². The molecule has 2 aromatic carbocycles. The van der Waals surface area contributed by atoms with Crippen LogP contribution in [0.5, 0.6) is 0 Å². The van der Waals surface area contributed by atoms with Crippen LogP contribution in [0.4, 0.5) is 34.6 Å². The summed E-state index contributed by atoms with van der Waals surface area (Å²) in [4.78, 5) is 31.3. The van der Waals surface area contributed by atoms with Crippen LogP contribution < -0.4 is 20.7 Å². The molecule has 42 heavy (non-hydrogen) atoms. The lowest BCUT2D eigenvalue weighted by molar-refractivity contribution is 0.101. The SMILES string of the molecule is C[C@H]1CN(c2cc(F)c(-c3ccc(N4CCOCC4)c(F)c3)cc2NC(=O)c2cn(C)c(=O)cc2C(F)F)CCN1C. The molecule has 2 fully saturated rings. The third-order valence-corrected chi connectivity index (χ3v) is 7.98. The Morgan fingerprint density at radius 2 is 1.69 bits per heavy atom. The summed E-state index contributed by atoms with van der Waals surface area (Å²) in [6, 6.07) is 7.98. The second-order valence-corrected chi connectivity index (χ2v) is 10.7. The van der Waals surface area contributed by atoms with Gasteiger partial charge in [0.15, 0.2) is 0 Å². The molecule has 0 aliphatic carbocycles. The zero-order valence-electron chi connectivity index (χ0n) is 23.7. The van der Waals surface area contributed by atoms with Gasteiger partial charge < -0.3 is 29.3 Å². The maximum Gasteiger partial charge on any atom is 0.264 e. The summed E-state index contributed by atoms with van der Waals surface area (Å²) >= 11 is 0. The molecule has 3 aromatic rings. The molecule has 5 rings (SSSR count). The van der Waals surface area contributed by atoms with Crippen LogP contribution in [0.1, 0.15) is 29.3 Å². The molecular weight excluding hydrogens is 554 g/mol. The molecule has 0 unspecified atom stereocenters. The first-order valence-corrected chi connectivity index (χ1v) is 13.7. The molecule has 0 spiro atoms. The number of likely N-dealkylation sites (N-methyl/N-ethyl adjacent to an activating group) is 1. The van der Waals surface area contributed by atoms with E-state index in [9.17, 15) is 18.4 Å². The van der Waals surface area contributed by atoms with Gasteiger partial charge in [-0.25, -0.2) is 17.6 Å². The van der Waals surface area contributed by atoms with E-state index in [4.69, 9.17) is 4.74 Å². The molecular formula is C30H33F4N5O3. The molecule has 1 amide bonds.